The molecule has 2 rings (SSSR count). The van der Waals surface area contributed by atoms with Crippen molar-refractivity contribution in [1.29, 1.82) is 0 Å². The lowest BCUT2D eigenvalue weighted by Gasteiger charge is -2.34. The lowest BCUT2D eigenvalue weighted by atomic mass is 9.97. The second-order valence-corrected chi connectivity index (χ2v) is 5.10. The molecule has 0 spiro atoms. The highest BCUT2D eigenvalue weighted by Crippen LogP contribution is 2.30. The van der Waals surface area contributed by atoms with Crippen LogP contribution in [0.4, 0.5) is 0 Å². The third-order valence-corrected chi connectivity index (χ3v) is 4.33. The monoisotopic (exact) mass is 196 g/mol. The predicted molar refractivity (Wildman–Crippen MR) is 60.5 cm³/mol. The lowest BCUT2D eigenvalue weighted by molar-refractivity contribution is 0.145. The van der Waals surface area contributed by atoms with Gasteiger partial charge in [-0.15, -0.1) is 0 Å². The van der Waals surface area contributed by atoms with Crippen molar-refractivity contribution < 1.29 is 0 Å². The number of hydrogen-bond donors (Lipinski definition) is 1. The lowest BCUT2D eigenvalue weighted by Crippen LogP contribution is -2.43. The van der Waals surface area contributed by atoms with Gasteiger partial charge in [-0.05, 0) is 45.7 Å². The molecule has 0 amide bonds. The molecule has 1 saturated heterocycles. The zero-order valence-electron chi connectivity index (χ0n) is 9.63. The average molecular weight is 196 g/mol. The topological polar surface area (TPSA) is 15.3 Å². The van der Waals surface area contributed by atoms with Crippen molar-refractivity contribution in [3.05, 3.63) is 0 Å². The maximum Gasteiger partial charge on any atom is 0.0232 e. The first-order chi connectivity index (χ1) is 6.79. The van der Waals surface area contributed by atoms with Crippen LogP contribution in [-0.4, -0.2) is 37.1 Å². The fourth-order valence-corrected chi connectivity index (χ4v) is 3.09. The van der Waals surface area contributed by atoms with Crippen LogP contribution in [0.1, 0.15) is 39.0 Å². The van der Waals surface area contributed by atoms with Gasteiger partial charge in [-0.25, -0.2) is 0 Å². The van der Waals surface area contributed by atoms with E-state index >= 15 is 0 Å². The summed E-state index contributed by atoms with van der Waals surface area (Å²) in [7, 11) is 2.32. The van der Waals surface area contributed by atoms with E-state index in [2.05, 4.69) is 24.2 Å². The maximum absolute atomic E-state index is 3.46. The first-order valence-corrected chi connectivity index (χ1v) is 6.21. The van der Waals surface area contributed by atoms with Crippen LogP contribution in [0.5, 0.6) is 0 Å². The summed E-state index contributed by atoms with van der Waals surface area (Å²) >= 11 is 0. The minimum atomic E-state index is 0.794. The molecule has 2 heteroatoms. The van der Waals surface area contributed by atoms with Gasteiger partial charge in [0, 0.05) is 18.6 Å². The van der Waals surface area contributed by atoms with Gasteiger partial charge in [0.15, 0.2) is 0 Å². The van der Waals surface area contributed by atoms with Gasteiger partial charge in [-0.2, -0.15) is 0 Å². The van der Waals surface area contributed by atoms with Gasteiger partial charge in [0.05, 0.1) is 0 Å². The molecule has 2 atom stereocenters. The average Bonchev–Trinajstić information content (AvgIpc) is 2.87. The first-order valence-electron chi connectivity index (χ1n) is 6.21. The van der Waals surface area contributed by atoms with Crippen molar-refractivity contribution in [2.45, 2.75) is 51.1 Å². The van der Waals surface area contributed by atoms with Gasteiger partial charge in [-0.3, -0.25) is 4.90 Å². The molecule has 0 bridgehead atoms. The van der Waals surface area contributed by atoms with E-state index in [4.69, 9.17) is 0 Å². The van der Waals surface area contributed by atoms with E-state index in [0.717, 1.165) is 18.0 Å². The normalized spacial score (nSPS) is 31.5. The Labute approximate surface area is 88.1 Å². The Morgan fingerprint density at radius 3 is 2.50 bits per heavy atom. The summed E-state index contributed by atoms with van der Waals surface area (Å²) in [5, 5.41) is 3.46. The molecule has 1 aliphatic carbocycles. The quantitative estimate of drug-likeness (QED) is 0.741. The van der Waals surface area contributed by atoms with Crippen LogP contribution in [0.2, 0.25) is 0 Å². The van der Waals surface area contributed by atoms with E-state index in [0.29, 0.717) is 0 Å². The molecule has 1 N–H and O–H groups in total. The highest BCUT2D eigenvalue weighted by Gasteiger charge is 2.29. The molecule has 2 unspecified atom stereocenters. The van der Waals surface area contributed by atoms with Crippen molar-refractivity contribution >= 4 is 0 Å². The van der Waals surface area contributed by atoms with Gasteiger partial charge in [0.25, 0.3) is 0 Å². The molecule has 2 nitrogen and oxygen atoms in total. The molecule has 82 valence electrons. The Morgan fingerprint density at radius 2 is 1.93 bits per heavy atom. The SMILES string of the molecule is CC(C1CCCC1)N(C)C1CCNC1. The van der Waals surface area contributed by atoms with Crippen molar-refractivity contribution in [3.8, 4) is 0 Å². The van der Waals surface area contributed by atoms with Crippen LogP contribution < -0.4 is 5.32 Å². The molecular formula is C12H24N2. The summed E-state index contributed by atoms with van der Waals surface area (Å²) in [5.74, 6) is 0.973. The molecule has 2 aliphatic rings. The van der Waals surface area contributed by atoms with Crippen molar-refractivity contribution in [2.75, 3.05) is 20.1 Å². The molecule has 0 aromatic carbocycles. The second-order valence-electron chi connectivity index (χ2n) is 5.10. The molecule has 1 saturated carbocycles. The summed E-state index contributed by atoms with van der Waals surface area (Å²) < 4.78 is 0. The minimum absolute atomic E-state index is 0.794. The van der Waals surface area contributed by atoms with E-state index in [9.17, 15) is 0 Å². The number of likely N-dealkylation sites (N-methyl/N-ethyl adjacent to an activating group) is 1. The molecule has 1 heterocycles. The van der Waals surface area contributed by atoms with Crippen LogP contribution in [0, 0.1) is 5.92 Å². The first kappa shape index (κ1) is 10.4. The predicted octanol–water partition coefficient (Wildman–Crippen LogP) is 1.86. The fraction of sp³-hybridized carbons (Fsp3) is 1.00. The summed E-state index contributed by atoms with van der Waals surface area (Å²) in [5.41, 5.74) is 0. The molecule has 2 fully saturated rings. The second kappa shape index (κ2) is 4.63. The zero-order chi connectivity index (χ0) is 9.97. The molecule has 0 radical (unpaired) electrons. The Bertz CT molecular complexity index is 149. The minimum Gasteiger partial charge on any atom is -0.315 e. The highest BCUT2D eigenvalue weighted by atomic mass is 15.2. The van der Waals surface area contributed by atoms with E-state index in [-0.39, 0.29) is 0 Å². The van der Waals surface area contributed by atoms with Crippen molar-refractivity contribution in [1.82, 2.24) is 10.2 Å². The Morgan fingerprint density at radius 1 is 1.21 bits per heavy atom. The molecular weight excluding hydrogens is 172 g/mol. The summed E-state index contributed by atoms with van der Waals surface area (Å²) in [6, 6.07) is 1.59. The van der Waals surface area contributed by atoms with E-state index in [1.165, 1.54) is 45.2 Å². The zero-order valence-corrected chi connectivity index (χ0v) is 9.63. The van der Waals surface area contributed by atoms with Crippen molar-refractivity contribution in [2.24, 2.45) is 5.92 Å². The van der Waals surface area contributed by atoms with Gasteiger partial charge in [0.2, 0.25) is 0 Å². The third-order valence-electron chi connectivity index (χ3n) is 4.33. The molecule has 14 heavy (non-hydrogen) atoms. The van der Waals surface area contributed by atoms with Gasteiger partial charge >= 0.3 is 0 Å². The van der Waals surface area contributed by atoms with Crippen LogP contribution in [0.3, 0.4) is 0 Å². The number of nitrogens with one attached hydrogen (secondary N) is 1. The van der Waals surface area contributed by atoms with Crippen LogP contribution in [-0.2, 0) is 0 Å². The third kappa shape index (κ3) is 2.12. The van der Waals surface area contributed by atoms with E-state index in [1.807, 2.05) is 0 Å². The molecule has 1 aliphatic heterocycles. The maximum atomic E-state index is 3.46. The van der Waals surface area contributed by atoms with Gasteiger partial charge in [0.1, 0.15) is 0 Å². The van der Waals surface area contributed by atoms with Crippen LogP contribution >= 0.6 is 0 Å². The molecule has 0 aromatic rings. The summed E-state index contributed by atoms with van der Waals surface area (Å²) in [6.07, 6.45) is 7.20. The highest BCUT2D eigenvalue weighted by molar-refractivity contribution is 4.85. The number of nitrogens with zero attached hydrogens (tertiary/aromatic N) is 1. The summed E-state index contributed by atoms with van der Waals surface area (Å²) in [4.78, 5) is 2.62. The smallest absolute Gasteiger partial charge is 0.0232 e. The van der Waals surface area contributed by atoms with Gasteiger partial charge < -0.3 is 5.32 Å². The Hall–Kier alpha value is -0.0800. The van der Waals surface area contributed by atoms with Crippen LogP contribution in [0.25, 0.3) is 0 Å². The number of rotatable bonds is 3. The van der Waals surface area contributed by atoms with E-state index in [1.54, 1.807) is 0 Å². The molecule has 0 aromatic heterocycles. The van der Waals surface area contributed by atoms with Crippen LogP contribution in [0.15, 0.2) is 0 Å². The summed E-state index contributed by atoms with van der Waals surface area (Å²) in [6.45, 7) is 4.84. The van der Waals surface area contributed by atoms with E-state index < -0.39 is 0 Å². The standard InChI is InChI=1S/C12H24N2/c1-10(11-5-3-4-6-11)14(2)12-7-8-13-9-12/h10-13H,3-9H2,1-2H3. The Kier molecular flexibility index (Phi) is 3.45. The van der Waals surface area contributed by atoms with Gasteiger partial charge in [-0.1, -0.05) is 12.8 Å². The largest absolute Gasteiger partial charge is 0.315 e. The Balaban J connectivity index is 1.85. The van der Waals surface area contributed by atoms with Crippen molar-refractivity contribution in [3.63, 3.8) is 0 Å². The fourth-order valence-electron chi connectivity index (χ4n) is 3.09. The number of hydrogen-bond acceptors (Lipinski definition) is 2.